The van der Waals surface area contributed by atoms with Crippen LogP contribution in [-0.2, 0) is 6.42 Å². The molecule has 2 rings (SSSR count). The molecule has 0 aromatic carbocycles. The highest BCUT2D eigenvalue weighted by Gasteiger charge is 2.09. The SMILES string of the molecule is CCCc1cnc2c(O)c(Cl)ccn2c1=O. The van der Waals surface area contributed by atoms with E-state index in [9.17, 15) is 9.90 Å². The minimum Gasteiger partial charge on any atom is -0.503 e. The van der Waals surface area contributed by atoms with Crippen molar-refractivity contribution in [3.8, 4) is 5.75 Å². The highest BCUT2D eigenvalue weighted by Crippen LogP contribution is 2.25. The van der Waals surface area contributed by atoms with Gasteiger partial charge in [0.1, 0.15) is 0 Å². The molecule has 0 bridgehead atoms. The van der Waals surface area contributed by atoms with Crippen molar-refractivity contribution >= 4 is 17.2 Å². The van der Waals surface area contributed by atoms with Crippen molar-refractivity contribution in [1.29, 1.82) is 0 Å². The fraction of sp³-hybridized carbons (Fsp3) is 0.273. The van der Waals surface area contributed by atoms with E-state index in [2.05, 4.69) is 4.98 Å². The monoisotopic (exact) mass is 238 g/mol. The topological polar surface area (TPSA) is 54.6 Å². The third-order valence-electron chi connectivity index (χ3n) is 2.39. The molecule has 0 saturated heterocycles. The van der Waals surface area contributed by atoms with E-state index < -0.39 is 0 Å². The van der Waals surface area contributed by atoms with Crippen LogP contribution in [0.15, 0.2) is 23.3 Å². The summed E-state index contributed by atoms with van der Waals surface area (Å²) in [4.78, 5) is 16.0. The normalized spacial score (nSPS) is 10.9. The Kier molecular flexibility index (Phi) is 2.83. The smallest absolute Gasteiger partial charge is 0.261 e. The molecular formula is C11H11ClN2O2. The summed E-state index contributed by atoms with van der Waals surface area (Å²) in [6.07, 6.45) is 4.57. The summed E-state index contributed by atoms with van der Waals surface area (Å²) in [5, 5.41) is 9.84. The van der Waals surface area contributed by atoms with Gasteiger partial charge < -0.3 is 5.11 Å². The molecule has 0 aliphatic rings. The van der Waals surface area contributed by atoms with Gasteiger partial charge in [-0.2, -0.15) is 0 Å². The molecular weight excluding hydrogens is 228 g/mol. The van der Waals surface area contributed by atoms with E-state index in [1.165, 1.54) is 22.9 Å². The van der Waals surface area contributed by atoms with Gasteiger partial charge in [-0.25, -0.2) is 4.98 Å². The summed E-state index contributed by atoms with van der Waals surface area (Å²) in [6, 6.07) is 1.47. The number of fused-ring (bicyclic) bond motifs is 1. The molecule has 2 heterocycles. The number of hydrogen-bond donors (Lipinski definition) is 1. The average molecular weight is 239 g/mol. The van der Waals surface area contributed by atoms with Gasteiger partial charge in [0.05, 0.1) is 5.02 Å². The number of pyridine rings is 1. The van der Waals surface area contributed by atoms with Crippen LogP contribution < -0.4 is 5.56 Å². The first kappa shape index (κ1) is 11.0. The summed E-state index contributed by atoms with van der Waals surface area (Å²) in [7, 11) is 0. The Morgan fingerprint density at radius 2 is 2.31 bits per heavy atom. The Morgan fingerprint density at radius 3 is 3.00 bits per heavy atom. The van der Waals surface area contributed by atoms with Gasteiger partial charge >= 0.3 is 0 Å². The second-order valence-electron chi connectivity index (χ2n) is 3.54. The molecule has 0 amide bonds. The number of rotatable bonds is 2. The first-order valence-electron chi connectivity index (χ1n) is 5.03. The lowest BCUT2D eigenvalue weighted by atomic mass is 10.2. The van der Waals surface area contributed by atoms with Crippen molar-refractivity contribution < 1.29 is 5.11 Å². The molecule has 0 unspecified atom stereocenters. The molecule has 0 atom stereocenters. The molecule has 0 saturated carbocycles. The first-order valence-corrected chi connectivity index (χ1v) is 5.40. The number of halogens is 1. The van der Waals surface area contributed by atoms with Crippen LogP contribution in [0.2, 0.25) is 5.02 Å². The third-order valence-corrected chi connectivity index (χ3v) is 2.70. The Bertz CT molecular complexity index is 592. The Labute approximate surface area is 97.1 Å². The minimum absolute atomic E-state index is 0.154. The van der Waals surface area contributed by atoms with Crippen molar-refractivity contribution in [2.45, 2.75) is 19.8 Å². The van der Waals surface area contributed by atoms with Gasteiger partial charge in [-0.15, -0.1) is 0 Å². The molecule has 1 N–H and O–H groups in total. The number of hydrogen-bond acceptors (Lipinski definition) is 3. The van der Waals surface area contributed by atoms with Crippen molar-refractivity contribution in [3.05, 3.63) is 39.4 Å². The second kappa shape index (κ2) is 4.14. The minimum atomic E-state index is -0.163. The number of aromatic nitrogens is 2. The van der Waals surface area contributed by atoms with Crippen molar-refractivity contribution in [1.82, 2.24) is 9.38 Å². The molecule has 16 heavy (non-hydrogen) atoms. The summed E-state index contributed by atoms with van der Waals surface area (Å²) >= 11 is 5.74. The van der Waals surface area contributed by atoms with E-state index in [-0.39, 0.29) is 22.0 Å². The standard InChI is InChI=1S/C11H11ClN2O2/c1-2-3-7-6-13-10-9(15)8(12)4-5-14(10)11(7)16/h4-6,15H,2-3H2,1H3. The zero-order valence-corrected chi connectivity index (χ0v) is 9.53. The summed E-state index contributed by atoms with van der Waals surface area (Å²) in [5.41, 5.74) is 0.679. The van der Waals surface area contributed by atoms with Crippen LogP contribution in [0.5, 0.6) is 5.75 Å². The highest BCUT2D eigenvalue weighted by molar-refractivity contribution is 6.32. The van der Waals surface area contributed by atoms with Gasteiger partial charge in [0, 0.05) is 18.0 Å². The lowest BCUT2D eigenvalue weighted by Crippen LogP contribution is -2.19. The number of nitrogens with zero attached hydrogens (tertiary/aromatic N) is 2. The van der Waals surface area contributed by atoms with Crippen molar-refractivity contribution in [2.75, 3.05) is 0 Å². The zero-order chi connectivity index (χ0) is 11.7. The maximum Gasteiger partial charge on any atom is 0.261 e. The van der Waals surface area contributed by atoms with Gasteiger partial charge in [-0.3, -0.25) is 9.20 Å². The fourth-order valence-electron chi connectivity index (χ4n) is 1.59. The molecule has 0 aliphatic heterocycles. The van der Waals surface area contributed by atoms with Crippen LogP contribution in [-0.4, -0.2) is 14.5 Å². The van der Waals surface area contributed by atoms with E-state index in [0.29, 0.717) is 12.0 Å². The molecule has 2 aromatic rings. The summed E-state index contributed by atoms with van der Waals surface area (Å²) < 4.78 is 1.31. The van der Waals surface area contributed by atoms with Crippen LogP contribution in [0.25, 0.3) is 5.65 Å². The van der Waals surface area contributed by atoms with E-state index in [1.807, 2.05) is 6.92 Å². The zero-order valence-electron chi connectivity index (χ0n) is 8.77. The third kappa shape index (κ3) is 1.65. The molecule has 4 nitrogen and oxygen atoms in total. The Hall–Kier alpha value is -1.55. The first-order chi connectivity index (χ1) is 7.65. The highest BCUT2D eigenvalue weighted by atomic mass is 35.5. The van der Waals surface area contributed by atoms with Crippen LogP contribution in [0.4, 0.5) is 0 Å². The Morgan fingerprint density at radius 1 is 1.56 bits per heavy atom. The lowest BCUT2D eigenvalue weighted by Gasteiger charge is -2.05. The Balaban J connectivity index is 2.77. The molecule has 0 radical (unpaired) electrons. The van der Waals surface area contributed by atoms with E-state index in [0.717, 1.165) is 6.42 Å². The molecule has 0 aliphatic carbocycles. The largest absolute Gasteiger partial charge is 0.503 e. The van der Waals surface area contributed by atoms with Gasteiger partial charge in [-0.05, 0) is 12.5 Å². The molecule has 2 aromatic heterocycles. The average Bonchev–Trinajstić information content (AvgIpc) is 2.28. The van der Waals surface area contributed by atoms with Gasteiger partial charge in [-0.1, -0.05) is 24.9 Å². The number of aromatic hydroxyl groups is 1. The molecule has 0 fully saturated rings. The van der Waals surface area contributed by atoms with Gasteiger partial charge in [0.15, 0.2) is 11.4 Å². The van der Waals surface area contributed by atoms with E-state index in [4.69, 9.17) is 11.6 Å². The second-order valence-corrected chi connectivity index (χ2v) is 3.95. The quantitative estimate of drug-likeness (QED) is 0.871. The maximum absolute atomic E-state index is 12.0. The molecule has 0 spiro atoms. The van der Waals surface area contributed by atoms with Crippen molar-refractivity contribution in [3.63, 3.8) is 0 Å². The lowest BCUT2D eigenvalue weighted by molar-refractivity contribution is 0.477. The van der Waals surface area contributed by atoms with Crippen LogP contribution in [0, 0.1) is 0 Å². The molecule has 84 valence electrons. The molecule has 5 heteroatoms. The van der Waals surface area contributed by atoms with E-state index in [1.54, 1.807) is 0 Å². The van der Waals surface area contributed by atoms with Crippen LogP contribution in [0.3, 0.4) is 0 Å². The fourth-order valence-corrected chi connectivity index (χ4v) is 1.73. The van der Waals surface area contributed by atoms with Crippen LogP contribution >= 0.6 is 11.6 Å². The predicted molar refractivity (Wildman–Crippen MR) is 62.1 cm³/mol. The maximum atomic E-state index is 12.0. The van der Waals surface area contributed by atoms with Crippen LogP contribution in [0.1, 0.15) is 18.9 Å². The summed E-state index contributed by atoms with van der Waals surface area (Å²) in [6.45, 7) is 1.99. The predicted octanol–water partition coefficient (Wildman–Crippen LogP) is 2.01. The van der Waals surface area contributed by atoms with E-state index >= 15 is 0 Å². The van der Waals surface area contributed by atoms with Crippen molar-refractivity contribution in [2.24, 2.45) is 0 Å². The van der Waals surface area contributed by atoms with Gasteiger partial charge in [0.25, 0.3) is 5.56 Å². The summed E-state index contributed by atoms with van der Waals surface area (Å²) in [5.74, 6) is -0.163. The number of aryl methyl sites for hydroxylation is 1. The van der Waals surface area contributed by atoms with Gasteiger partial charge in [0.2, 0.25) is 0 Å².